The number of halogens is 1. The predicted molar refractivity (Wildman–Crippen MR) is 115 cm³/mol. The van der Waals surface area contributed by atoms with Gasteiger partial charge >= 0.3 is 0 Å². The molecule has 4 aromatic rings. The first-order valence-electron chi connectivity index (χ1n) is 9.31. The van der Waals surface area contributed by atoms with Gasteiger partial charge in [-0.05, 0) is 36.8 Å². The Balaban J connectivity index is 1.25. The largest absolute Gasteiger partial charge is 0.411 e. The highest BCUT2D eigenvalue weighted by molar-refractivity contribution is 7.98. The van der Waals surface area contributed by atoms with Gasteiger partial charge in [0.2, 0.25) is 17.7 Å². The van der Waals surface area contributed by atoms with Gasteiger partial charge < -0.3 is 14.3 Å². The maximum absolute atomic E-state index is 12.1. The lowest BCUT2D eigenvalue weighted by Crippen LogP contribution is -2.12. The quantitative estimate of drug-likeness (QED) is 0.386. The highest BCUT2D eigenvalue weighted by Crippen LogP contribution is 2.25. The molecule has 0 atom stereocenters. The van der Waals surface area contributed by atoms with Crippen molar-refractivity contribution in [3.8, 4) is 11.5 Å². The Bertz CT molecular complexity index is 1180. The Kier molecular flexibility index (Phi) is 6.58. The summed E-state index contributed by atoms with van der Waals surface area (Å²) in [6.45, 7) is 1.90. The molecule has 0 aliphatic carbocycles. The fraction of sp³-hybridized carbons (Fsp3) is 0.200. The van der Waals surface area contributed by atoms with Crippen molar-refractivity contribution >= 4 is 35.0 Å². The molecular weight excluding hydrogens is 440 g/mol. The Morgan fingerprint density at radius 3 is 2.84 bits per heavy atom. The smallest absolute Gasteiger partial charge is 0.277 e. The Morgan fingerprint density at radius 2 is 2.03 bits per heavy atom. The summed E-state index contributed by atoms with van der Waals surface area (Å²) in [6, 6.07) is 8.95. The maximum atomic E-state index is 12.1. The van der Waals surface area contributed by atoms with Gasteiger partial charge in [0.1, 0.15) is 0 Å². The van der Waals surface area contributed by atoms with E-state index in [1.807, 2.05) is 13.0 Å². The van der Waals surface area contributed by atoms with E-state index in [0.717, 1.165) is 11.1 Å². The molecule has 31 heavy (non-hydrogen) atoms. The van der Waals surface area contributed by atoms with Gasteiger partial charge in [-0.25, -0.2) is 0 Å². The molecule has 0 unspecified atom stereocenters. The second-order valence-corrected chi connectivity index (χ2v) is 7.85. The van der Waals surface area contributed by atoms with Gasteiger partial charge in [-0.1, -0.05) is 34.6 Å². The van der Waals surface area contributed by atoms with Crippen LogP contribution in [0.5, 0.6) is 0 Å². The number of thioether (sulfide) groups is 1. The van der Waals surface area contributed by atoms with Crippen LogP contribution in [0.1, 0.15) is 23.7 Å². The molecule has 0 radical (unpaired) electrons. The second-order valence-electron chi connectivity index (χ2n) is 6.51. The highest BCUT2D eigenvalue weighted by Gasteiger charge is 2.13. The standard InChI is InChI=1S/C20H17ClN6O3S/c1-12-2-3-14(10-15(12)21)23-17(28)4-5-18-24-16(27-30-18)11-31-20-26-25-19(29-20)13-6-8-22-9-7-13/h2-3,6-10H,4-5,11H2,1H3,(H,23,28). The van der Waals surface area contributed by atoms with Crippen LogP contribution in [-0.4, -0.2) is 31.2 Å². The topological polar surface area (TPSA) is 120 Å². The van der Waals surface area contributed by atoms with Gasteiger partial charge in [-0.3, -0.25) is 9.78 Å². The van der Waals surface area contributed by atoms with Crippen molar-refractivity contribution in [3.05, 3.63) is 65.0 Å². The van der Waals surface area contributed by atoms with Gasteiger partial charge in [-0.15, -0.1) is 10.2 Å². The zero-order chi connectivity index (χ0) is 21.6. The minimum absolute atomic E-state index is 0.163. The number of nitrogens with zero attached hydrogens (tertiary/aromatic N) is 5. The van der Waals surface area contributed by atoms with Crippen LogP contribution in [0.25, 0.3) is 11.5 Å². The van der Waals surface area contributed by atoms with E-state index in [0.29, 0.717) is 45.7 Å². The number of carbonyl (C=O) groups is 1. The molecule has 9 nitrogen and oxygen atoms in total. The van der Waals surface area contributed by atoms with Crippen molar-refractivity contribution in [2.24, 2.45) is 0 Å². The van der Waals surface area contributed by atoms with Gasteiger partial charge in [0.05, 0.1) is 5.75 Å². The third-order valence-corrected chi connectivity index (χ3v) is 5.41. The number of pyridine rings is 1. The molecule has 1 amide bonds. The molecule has 3 aromatic heterocycles. The average Bonchev–Trinajstić information content (AvgIpc) is 3.44. The fourth-order valence-electron chi connectivity index (χ4n) is 2.57. The van der Waals surface area contributed by atoms with Crippen molar-refractivity contribution < 1.29 is 13.7 Å². The van der Waals surface area contributed by atoms with Crippen LogP contribution in [-0.2, 0) is 17.0 Å². The molecule has 1 aromatic carbocycles. The zero-order valence-electron chi connectivity index (χ0n) is 16.4. The van der Waals surface area contributed by atoms with E-state index in [2.05, 4.69) is 30.6 Å². The van der Waals surface area contributed by atoms with Crippen LogP contribution in [0.4, 0.5) is 5.69 Å². The van der Waals surface area contributed by atoms with Crippen molar-refractivity contribution in [1.82, 2.24) is 25.3 Å². The third-order valence-electron chi connectivity index (χ3n) is 4.19. The van der Waals surface area contributed by atoms with E-state index in [-0.39, 0.29) is 12.3 Å². The number of anilines is 1. The van der Waals surface area contributed by atoms with Crippen molar-refractivity contribution in [3.63, 3.8) is 0 Å². The summed E-state index contributed by atoms with van der Waals surface area (Å²) < 4.78 is 10.8. The summed E-state index contributed by atoms with van der Waals surface area (Å²) in [5.41, 5.74) is 2.39. The van der Waals surface area contributed by atoms with Gasteiger partial charge in [0.15, 0.2) is 5.82 Å². The van der Waals surface area contributed by atoms with Crippen LogP contribution in [0.3, 0.4) is 0 Å². The fourth-order valence-corrected chi connectivity index (χ4v) is 3.36. The summed E-state index contributed by atoms with van der Waals surface area (Å²) in [5, 5.41) is 15.7. The minimum atomic E-state index is -0.163. The van der Waals surface area contributed by atoms with Crippen LogP contribution in [0.2, 0.25) is 5.02 Å². The lowest BCUT2D eigenvalue weighted by molar-refractivity contribution is -0.116. The highest BCUT2D eigenvalue weighted by atomic mass is 35.5. The molecule has 1 N–H and O–H groups in total. The molecule has 158 valence electrons. The van der Waals surface area contributed by atoms with E-state index < -0.39 is 0 Å². The normalized spacial score (nSPS) is 10.9. The van der Waals surface area contributed by atoms with E-state index in [9.17, 15) is 4.79 Å². The molecule has 0 saturated heterocycles. The number of amides is 1. The maximum Gasteiger partial charge on any atom is 0.277 e. The molecule has 0 bridgehead atoms. The van der Waals surface area contributed by atoms with E-state index in [1.165, 1.54) is 11.8 Å². The zero-order valence-corrected chi connectivity index (χ0v) is 18.0. The molecule has 0 saturated carbocycles. The minimum Gasteiger partial charge on any atom is -0.411 e. The molecule has 0 aliphatic rings. The van der Waals surface area contributed by atoms with E-state index in [1.54, 1.807) is 36.7 Å². The number of rotatable bonds is 8. The summed E-state index contributed by atoms with van der Waals surface area (Å²) in [5.74, 6) is 1.52. The van der Waals surface area contributed by atoms with Gasteiger partial charge in [0.25, 0.3) is 5.22 Å². The Hall–Kier alpha value is -3.24. The third kappa shape index (κ3) is 5.68. The monoisotopic (exact) mass is 456 g/mol. The Morgan fingerprint density at radius 1 is 1.19 bits per heavy atom. The number of benzene rings is 1. The number of carbonyl (C=O) groups excluding carboxylic acids is 1. The predicted octanol–water partition coefficient (Wildman–Crippen LogP) is 4.34. The number of aromatic nitrogens is 5. The molecule has 0 fully saturated rings. The van der Waals surface area contributed by atoms with Crippen LogP contribution in [0.15, 0.2) is 56.9 Å². The molecule has 4 rings (SSSR count). The van der Waals surface area contributed by atoms with E-state index in [4.69, 9.17) is 20.5 Å². The van der Waals surface area contributed by atoms with Crippen LogP contribution >= 0.6 is 23.4 Å². The lowest BCUT2D eigenvalue weighted by Gasteiger charge is -2.06. The number of nitrogens with one attached hydrogen (secondary N) is 1. The van der Waals surface area contributed by atoms with E-state index >= 15 is 0 Å². The van der Waals surface area contributed by atoms with Crippen LogP contribution in [0, 0.1) is 6.92 Å². The van der Waals surface area contributed by atoms with Gasteiger partial charge in [0, 0.05) is 41.5 Å². The van der Waals surface area contributed by atoms with Crippen molar-refractivity contribution in [2.75, 3.05) is 5.32 Å². The molecular formula is C20H17ClN6O3S. The van der Waals surface area contributed by atoms with Gasteiger partial charge in [-0.2, -0.15) is 4.98 Å². The first kappa shape index (κ1) is 21.0. The first-order chi connectivity index (χ1) is 15.1. The first-order valence-corrected chi connectivity index (χ1v) is 10.7. The number of hydrogen-bond acceptors (Lipinski definition) is 9. The molecule has 3 heterocycles. The number of aryl methyl sites for hydroxylation is 2. The van der Waals surface area contributed by atoms with Crippen LogP contribution < -0.4 is 5.32 Å². The lowest BCUT2D eigenvalue weighted by atomic mass is 10.2. The molecule has 0 aliphatic heterocycles. The summed E-state index contributed by atoms with van der Waals surface area (Å²) in [6.07, 6.45) is 3.85. The summed E-state index contributed by atoms with van der Waals surface area (Å²) >= 11 is 7.37. The molecule has 11 heteroatoms. The average molecular weight is 457 g/mol. The second kappa shape index (κ2) is 9.71. The SMILES string of the molecule is Cc1ccc(NC(=O)CCc2nc(CSc3nnc(-c4ccncc4)o3)no2)cc1Cl. The van der Waals surface area contributed by atoms with Crippen molar-refractivity contribution in [1.29, 1.82) is 0 Å². The summed E-state index contributed by atoms with van der Waals surface area (Å²) in [4.78, 5) is 20.4. The number of hydrogen-bond donors (Lipinski definition) is 1. The summed E-state index contributed by atoms with van der Waals surface area (Å²) in [7, 11) is 0. The Labute approximate surface area is 186 Å². The van der Waals surface area contributed by atoms with Crippen molar-refractivity contribution in [2.45, 2.75) is 30.7 Å². The molecule has 0 spiro atoms.